The largest absolute Gasteiger partial charge is 0.480 e. The Bertz CT molecular complexity index is 781. The Labute approximate surface area is 120 Å². The first kappa shape index (κ1) is 13.4. The summed E-state index contributed by atoms with van der Waals surface area (Å²) < 4.78 is 0. The molecule has 1 aromatic carbocycles. The number of fused-ring (bicyclic) bond motifs is 1. The molecule has 21 heavy (non-hydrogen) atoms. The number of nitrogens with one attached hydrogen (secondary N) is 1. The van der Waals surface area contributed by atoms with E-state index < -0.39 is 17.9 Å². The van der Waals surface area contributed by atoms with E-state index in [0.29, 0.717) is 30.3 Å². The van der Waals surface area contributed by atoms with Gasteiger partial charge in [-0.25, -0.2) is 4.79 Å². The quantitative estimate of drug-likeness (QED) is 0.868. The Kier molecular flexibility index (Phi) is 3.21. The number of H-pyrrole nitrogens is 1. The molecular formula is C15H14N2O4. The number of carbonyl (C=O) groups is 2. The van der Waals surface area contributed by atoms with Crippen molar-refractivity contribution in [2.45, 2.75) is 18.9 Å². The van der Waals surface area contributed by atoms with Crippen LogP contribution in [0.15, 0.2) is 35.1 Å². The summed E-state index contributed by atoms with van der Waals surface area (Å²) in [5.41, 5.74) is 0.449. The van der Waals surface area contributed by atoms with E-state index in [-0.39, 0.29) is 11.1 Å². The predicted octanol–water partition coefficient (Wildman–Crippen LogP) is 1.22. The van der Waals surface area contributed by atoms with Crippen LogP contribution in [-0.2, 0) is 4.79 Å². The third-order valence-corrected chi connectivity index (χ3v) is 3.77. The molecule has 6 nitrogen and oxygen atoms in total. The van der Waals surface area contributed by atoms with Crippen molar-refractivity contribution in [2.24, 2.45) is 0 Å². The summed E-state index contributed by atoms with van der Waals surface area (Å²) in [5, 5.41) is 9.64. The van der Waals surface area contributed by atoms with Crippen LogP contribution in [0.25, 0.3) is 10.9 Å². The minimum Gasteiger partial charge on any atom is -0.480 e. The van der Waals surface area contributed by atoms with Crippen LogP contribution in [-0.4, -0.2) is 39.5 Å². The zero-order chi connectivity index (χ0) is 15.0. The lowest BCUT2D eigenvalue weighted by Gasteiger charge is -2.21. The zero-order valence-electron chi connectivity index (χ0n) is 11.2. The first-order chi connectivity index (χ1) is 10.1. The Morgan fingerprint density at radius 2 is 2.05 bits per heavy atom. The fourth-order valence-electron chi connectivity index (χ4n) is 2.73. The lowest BCUT2D eigenvalue weighted by Crippen LogP contribution is -2.41. The van der Waals surface area contributed by atoms with Gasteiger partial charge >= 0.3 is 5.97 Å². The van der Waals surface area contributed by atoms with Crippen LogP contribution in [0.2, 0.25) is 0 Å². The molecule has 1 aliphatic heterocycles. The summed E-state index contributed by atoms with van der Waals surface area (Å²) in [4.78, 5) is 39.9. The molecular weight excluding hydrogens is 272 g/mol. The van der Waals surface area contributed by atoms with Crippen LogP contribution in [0.4, 0.5) is 0 Å². The summed E-state index contributed by atoms with van der Waals surface area (Å²) in [6.07, 6.45) is 1.10. The average molecular weight is 286 g/mol. The number of pyridine rings is 1. The molecule has 0 aliphatic carbocycles. The maximum absolute atomic E-state index is 12.5. The second kappa shape index (κ2) is 5.05. The molecule has 0 saturated carbocycles. The first-order valence-electron chi connectivity index (χ1n) is 6.74. The molecule has 6 heteroatoms. The van der Waals surface area contributed by atoms with E-state index >= 15 is 0 Å². The second-order valence-electron chi connectivity index (χ2n) is 5.09. The molecule has 1 atom stereocenters. The molecule has 1 aliphatic rings. The van der Waals surface area contributed by atoms with Gasteiger partial charge in [-0.05, 0) is 25.0 Å². The van der Waals surface area contributed by atoms with Crippen molar-refractivity contribution in [3.63, 3.8) is 0 Å². The molecule has 3 rings (SSSR count). The van der Waals surface area contributed by atoms with Gasteiger partial charge in [0.25, 0.3) is 5.91 Å². The summed E-state index contributed by atoms with van der Waals surface area (Å²) in [6, 6.07) is 7.34. The number of para-hydroxylation sites is 1. The Morgan fingerprint density at radius 3 is 2.81 bits per heavy atom. The monoisotopic (exact) mass is 286 g/mol. The van der Waals surface area contributed by atoms with Gasteiger partial charge in [-0.3, -0.25) is 9.59 Å². The lowest BCUT2D eigenvalue weighted by molar-refractivity contribution is -0.141. The molecule has 2 aromatic rings. The van der Waals surface area contributed by atoms with Gasteiger partial charge < -0.3 is 15.0 Å². The van der Waals surface area contributed by atoms with Crippen molar-refractivity contribution in [3.8, 4) is 0 Å². The number of likely N-dealkylation sites (tertiary alicyclic amines) is 1. The van der Waals surface area contributed by atoms with E-state index in [1.165, 1.54) is 11.0 Å². The second-order valence-corrected chi connectivity index (χ2v) is 5.09. The van der Waals surface area contributed by atoms with Gasteiger partial charge in [0.2, 0.25) is 0 Å². The number of hydrogen-bond acceptors (Lipinski definition) is 3. The van der Waals surface area contributed by atoms with Crippen LogP contribution < -0.4 is 5.43 Å². The fraction of sp³-hybridized carbons (Fsp3) is 0.267. The predicted molar refractivity (Wildman–Crippen MR) is 76.3 cm³/mol. The number of aromatic amines is 1. The van der Waals surface area contributed by atoms with E-state index in [2.05, 4.69) is 4.98 Å². The zero-order valence-corrected chi connectivity index (χ0v) is 11.2. The number of carbonyl (C=O) groups excluding carboxylic acids is 1. The van der Waals surface area contributed by atoms with E-state index in [1.54, 1.807) is 24.3 Å². The van der Waals surface area contributed by atoms with Gasteiger partial charge in [-0.2, -0.15) is 0 Å². The van der Waals surface area contributed by atoms with Gasteiger partial charge in [-0.15, -0.1) is 0 Å². The summed E-state index contributed by atoms with van der Waals surface area (Å²) >= 11 is 0. The Morgan fingerprint density at radius 1 is 1.29 bits per heavy atom. The number of nitrogens with zero attached hydrogens (tertiary/aromatic N) is 1. The van der Waals surface area contributed by atoms with Crippen molar-refractivity contribution in [1.29, 1.82) is 0 Å². The SMILES string of the molecule is O=C(O)[C@H]1CCCN1C(=O)c1cc(=O)c2ccccc2[nH]1. The van der Waals surface area contributed by atoms with Crippen LogP contribution in [0.5, 0.6) is 0 Å². The number of amides is 1. The van der Waals surface area contributed by atoms with Crippen molar-refractivity contribution < 1.29 is 14.7 Å². The molecule has 2 heterocycles. The normalized spacial score (nSPS) is 18.1. The molecule has 2 N–H and O–H groups in total. The van der Waals surface area contributed by atoms with Gasteiger partial charge in [0.05, 0.1) is 0 Å². The van der Waals surface area contributed by atoms with Gasteiger partial charge in [0.15, 0.2) is 5.43 Å². The molecule has 1 fully saturated rings. The highest BCUT2D eigenvalue weighted by Gasteiger charge is 2.34. The molecule has 108 valence electrons. The van der Waals surface area contributed by atoms with Crippen LogP contribution in [0.3, 0.4) is 0 Å². The number of carboxylic acid groups (broad SMARTS) is 1. The van der Waals surface area contributed by atoms with E-state index in [4.69, 9.17) is 5.11 Å². The average Bonchev–Trinajstić information content (AvgIpc) is 2.96. The van der Waals surface area contributed by atoms with Crippen molar-refractivity contribution in [2.75, 3.05) is 6.54 Å². The van der Waals surface area contributed by atoms with Crippen LogP contribution >= 0.6 is 0 Å². The molecule has 0 unspecified atom stereocenters. The van der Waals surface area contributed by atoms with E-state index in [0.717, 1.165) is 0 Å². The minimum atomic E-state index is -1.01. The lowest BCUT2D eigenvalue weighted by atomic mass is 10.1. The van der Waals surface area contributed by atoms with Gasteiger partial charge in [0.1, 0.15) is 11.7 Å². The minimum absolute atomic E-state index is 0.131. The van der Waals surface area contributed by atoms with Crippen molar-refractivity contribution in [3.05, 3.63) is 46.2 Å². The number of hydrogen-bond donors (Lipinski definition) is 2. The molecule has 0 bridgehead atoms. The maximum Gasteiger partial charge on any atom is 0.326 e. The molecule has 1 aromatic heterocycles. The molecule has 0 spiro atoms. The summed E-state index contributed by atoms with van der Waals surface area (Å²) in [5.74, 6) is -1.45. The van der Waals surface area contributed by atoms with E-state index in [9.17, 15) is 14.4 Å². The topological polar surface area (TPSA) is 90.5 Å². The van der Waals surface area contributed by atoms with E-state index in [1.807, 2.05) is 0 Å². The number of carboxylic acids is 1. The third-order valence-electron chi connectivity index (χ3n) is 3.77. The molecule has 1 amide bonds. The Balaban J connectivity index is 2.02. The smallest absolute Gasteiger partial charge is 0.326 e. The number of aromatic nitrogens is 1. The highest BCUT2D eigenvalue weighted by atomic mass is 16.4. The molecule has 1 saturated heterocycles. The van der Waals surface area contributed by atoms with Gasteiger partial charge in [0, 0.05) is 23.5 Å². The van der Waals surface area contributed by atoms with Crippen LogP contribution in [0, 0.1) is 0 Å². The molecule has 0 radical (unpaired) electrons. The van der Waals surface area contributed by atoms with Crippen molar-refractivity contribution in [1.82, 2.24) is 9.88 Å². The Hall–Kier alpha value is -2.63. The summed E-state index contributed by atoms with van der Waals surface area (Å²) in [6.45, 7) is 0.394. The van der Waals surface area contributed by atoms with Crippen LogP contribution in [0.1, 0.15) is 23.3 Å². The summed E-state index contributed by atoms with van der Waals surface area (Å²) in [7, 11) is 0. The number of benzene rings is 1. The highest BCUT2D eigenvalue weighted by Crippen LogP contribution is 2.20. The number of aliphatic carboxylic acids is 1. The fourth-order valence-corrected chi connectivity index (χ4v) is 2.73. The number of rotatable bonds is 2. The maximum atomic E-state index is 12.5. The first-order valence-corrected chi connectivity index (χ1v) is 6.74. The van der Waals surface area contributed by atoms with Gasteiger partial charge in [-0.1, -0.05) is 12.1 Å². The highest BCUT2D eigenvalue weighted by molar-refractivity contribution is 5.97. The van der Waals surface area contributed by atoms with Crippen molar-refractivity contribution >= 4 is 22.8 Å². The standard InChI is InChI=1S/C15H14N2O4/c18-13-8-11(16-10-5-2-1-4-9(10)13)14(19)17-7-3-6-12(17)15(20)21/h1-2,4-5,8,12H,3,6-7H2,(H,16,18)(H,20,21)/t12-/m1/s1. The third kappa shape index (κ3) is 2.29.